The first-order valence-corrected chi connectivity index (χ1v) is 11.2. The number of ether oxygens (including phenoxy) is 3. The van der Waals surface area contributed by atoms with Crippen LogP contribution in [0.2, 0.25) is 0 Å². The minimum atomic E-state index is -0.945. The molecule has 3 aromatic carbocycles. The van der Waals surface area contributed by atoms with Crippen molar-refractivity contribution in [2.45, 2.75) is 6.42 Å². The number of H-pyrrole nitrogens is 2. The zero-order valence-corrected chi connectivity index (χ0v) is 19.4. The van der Waals surface area contributed by atoms with E-state index in [2.05, 4.69) is 20.2 Å². The Morgan fingerprint density at radius 2 is 1.86 bits per heavy atom. The maximum atomic E-state index is 12.2. The highest BCUT2D eigenvalue weighted by Crippen LogP contribution is 2.34. The van der Waals surface area contributed by atoms with Crippen molar-refractivity contribution in [1.82, 2.24) is 20.2 Å². The van der Waals surface area contributed by atoms with Crippen LogP contribution in [0.25, 0.3) is 32.9 Å². The number of aromatic amines is 2. The van der Waals surface area contributed by atoms with Crippen LogP contribution in [0.1, 0.15) is 11.3 Å². The van der Waals surface area contributed by atoms with Crippen LogP contribution in [0.3, 0.4) is 0 Å². The summed E-state index contributed by atoms with van der Waals surface area (Å²) in [4.78, 5) is 30.4. The van der Waals surface area contributed by atoms with Gasteiger partial charge < -0.3 is 24.9 Å². The Kier molecular flexibility index (Phi) is 6.33. The van der Waals surface area contributed by atoms with Crippen LogP contribution in [0, 0.1) is 0 Å². The van der Waals surface area contributed by atoms with Crippen molar-refractivity contribution in [3.05, 3.63) is 82.3 Å². The molecule has 5 aromatic rings. The summed E-state index contributed by atoms with van der Waals surface area (Å²) in [6, 6.07) is 19.0. The van der Waals surface area contributed by atoms with Crippen molar-refractivity contribution >= 4 is 27.9 Å². The van der Waals surface area contributed by atoms with Crippen molar-refractivity contribution in [3.8, 4) is 22.9 Å². The number of fused-ring (bicyclic) bond motifs is 2. The Balaban J connectivity index is 1.55. The average molecular weight is 486 g/mol. The number of hydrogen-bond acceptors (Lipinski definition) is 7. The summed E-state index contributed by atoms with van der Waals surface area (Å²) in [5.74, 6) is 0.683. The van der Waals surface area contributed by atoms with Crippen molar-refractivity contribution in [3.63, 3.8) is 0 Å². The van der Waals surface area contributed by atoms with E-state index in [4.69, 9.17) is 19.9 Å². The van der Waals surface area contributed by atoms with Crippen LogP contribution in [0.5, 0.6) is 11.8 Å². The lowest BCUT2D eigenvalue weighted by Gasteiger charge is -2.14. The molecule has 0 unspecified atom stereocenters. The molecule has 1 amide bonds. The number of nitrogens with zero attached hydrogens (tertiary/aromatic N) is 2. The number of benzene rings is 3. The Morgan fingerprint density at radius 3 is 2.67 bits per heavy atom. The number of nitrogens with two attached hydrogens (primary N) is 1. The molecule has 0 radical (unpaired) electrons. The molecule has 0 bridgehead atoms. The molecule has 36 heavy (non-hydrogen) atoms. The summed E-state index contributed by atoms with van der Waals surface area (Å²) >= 11 is 0. The normalized spacial score (nSPS) is 11.1. The number of carbonyl (C=O) groups excluding carboxylic acids is 1. The van der Waals surface area contributed by atoms with Gasteiger partial charge in [0.1, 0.15) is 12.4 Å². The molecule has 10 nitrogen and oxygen atoms in total. The number of primary amides is 1. The average Bonchev–Trinajstić information content (AvgIpc) is 3.27. The second kappa shape index (κ2) is 9.88. The molecule has 0 aliphatic heterocycles. The largest absolute Gasteiger partial charge is 0.491 e. The Morgan fingerprint density at radius 1 is 1.03 bits per heavy atom. The van der Waals surface area contributed by atoms with Gasteiger partial charge in [-0.05, 0) is 41.5 Å². The fourth-order valence-corrected chi connectivity index (χ4v) is 4.07. The topological polar surface area (TPSA) is 145 Å². The molecular weight excluding hydrogens is 462 g/mol. The summed E-state index contributed by atoms with van der Waals surface area (Å²) in [6.07, 6.45) is -0.440. The van der Waals surface area contributed by atoms with Gasteiger partial charge >= 0.3 is 12.1 Å². The molecule has 10 heteroatoms. The lowest BCUT2D eigenvalue weighted by atomic mass is 9.98. The first-order chi connectivity index (χ1) is 17.5. The summed E-state index contributed by atoms with van der Waals surface area (Å²) < 4.78 is 16.0. The van der Waals surface area contributed by atoms with E-state index in [1.807, 2.05) is 54.6 Å². The third-order valence-electron chi connectivity index (χ3n) is 5.70. The van der Waals surface area contributed by atoms with Crippen LogP contribution in [-0.2, 0) is 11.2 Å². The molecule has 0 aliphatic carbocycles. The second-order valence-electron chi connectivity index (χ2n) is 8.09. The van der Waals surface area contributed by atoms with Crippen molar-refractivity contribution in [2.24, 2.45) is 5.73 Å². The highest BCUT2D eigenvalue weighted by Gasteiger charge is 2.14. The third kappa shape index (κ3) is 4.75. The van der Waals surface area contributed by atoms with E-state index in [1.165, 1.54) is 0 Å². The molecule has 182 valence electrons. The van der Waals surface area contributed by atoms with E-state index in [9.17, 15) is 9.59 Å². The maximum absolute atomic E-state index is 12.2. The standard InChI is InChI=1S/C26H23N5O5/c1-34-10-11-35-23-9-6-15(13-21-17-4-2-3-5-18(17)24(32)31-30-21)12-19(23)16-7-8-20-22(14-16)29-26(28-20)36-25(27)33/h2-9,12,14H,10-11,13H2,1H3,(H2,27,33)(H,28,29)(H,31,32). The summed E-state index contributed by atoms with van der Waals surface area (Å²) in [7, 11) is 1.62. The van der Waals surface area contributed by atoms with E-state index in [-0.39, 0.29) is 11.6 Å². The predicted octanol–water partition coefficient (Wildman–Crippen LogP) is 3.54. The van der Waals surface area contributed by atoms with Gasteiger partial charge in [-0.2, -0.15) is 10.1 Å². The summed E-state index contributed by atoms with van der Waals surface area (Å²) in [6.45, 7) is 0.833. The molecule has 0 saturated carbocycles. The van der Waals surface area contributed by atoms with Crippen LogP contribution in [0.15, 0.2) is 65.5 Å². The highest BCUT2D eigenvalue weighted by atomic mass is 16.6. The Hall–Kier alpha value is -4.70. The van der Waals surface area contributed by atoms with E-state index in [1.54, 1.807) is 13.2 Å². The maximum Gasteiger partial charge on any atom is 0.412 e. The van der Waals surface area contributed by atoms with Crippen LogP contribution in [-0.4, -0.2) is 46.6 Å². The number of aromatic nitrogens is 4. The van der Waals surface area contributed by atoms with Crippen LogP contribution >= 0.6 is 0 Å². The van der Waals surface area contributed by atoms with Gasteiger partial charge in [-0.15, -0.1) is 0 Å². The molecule has 0 aliphatic rings. The molecule has 0 atom stereocenters. The Bertz CT molecular complexity index is 1620. The van der Waals surface area contributed by atoms with Gasteiger partial charge in [0.05, 0.1) is 28.7 Å². The molecule has 2 heterocycles. The van der Waals surface area contributed by atoms with Crippen LogP contribution < -0.4 is 20.8 Å². The zero-order valence-electron chi connectivity index (χ0n) is 19.4. The monoisotopic (exact) mass is 485 g/mol. The van der Waals surface area contributed by atoms with Crippen molar-refractivity contribution in [2.75, 3.05) is 20.3 Å². The number of carbonyl (C=O) groups is 1. The van der Waals surface area contributed by atoms with Gasteiger partial charge in [0, 0.05) is 24.5 Å². The van der Waals surface area contributed by atoms with E-state index >= 15 is 0 Å². The van der Waals surface area contributed by atoms with Gasteiger partial charge in [0.15, 0.2) is 0 Å². The SMILES string of the molecule is COCCOc1ccc(Cc2n[nH]c(=O)c3ccccc23)cc1-c1ccc2nc(OC(N)=O)[nH]c2c1. The molecule has 0 fully saturated rings. The molecular formula is C26H23N5O5. The number of methoxy groups -OCH3 is 1. The zero-order chi connectivity index (χ0) is 25.1. The molecule has 5 rings (SSSR count). The molecule has 0 saturated heterocycles. The summed E-state index contributed by atoms with van der Waals surface area (Å²) in [5, 5.41) is 8.30. The lowest BCUT2D eigenvalue weighted by molar-refractivity contribution is 0.146. The number of rotatable bonds is 8. The van der Waals surface area contributed by atoms with Gasteiger partial charge in [0.25, 0.3) is 5.56 Å². The van der Waals surface area contributed by atoms with Crippen molar-refractivity contribution < 1.29 is 19.0 Å². The van der Waals surface area contributed by atoms with E-state index in [0.29, 0.717) is 41.8 Å². The van der Waals surface area contributed by atoms with Crippen LogP contribution in [0.4, 0.5) is 4.79 Å². The number of hydrogen-bond donors (Lipinski definition) is 3. The minimum absolute atomic E-state index is 0.0241. The highest BCUT2D eigenvalue weighted by molar-refractivity contribution is 5.85. The van der Waals surface area contributed by atoms with E-state index in [0.717, 1.165) is 27.8 Å². The molecule has 4 N–H and O–H groups in total. The van der Waals surface area contributed by atoms with Gasteiger partial charge in [-0.25, -0.2) is 9.89 Å². The fourth-order valence-electron chi connectivity index (χ4n) is 4.07. The van der Waals surface area contributed by atoms with E-state index < -0.39 is 6.09 Å². The molecule has 2 aromatic heterocycles. The van der Waals surface area contributed by atoms with Gasteiger partial charge in [0.2, 0.25) is 0 Å². The smallest absolute Gasteiger partial charge is 0.412 e. The number of nitrogens with one attached hydrogen (secondary N) is 2. The first-order valence-electron chi connectivity index (χ1n) is 11.2. The minimum Gasteiger partial charge on any atom is -0.491 e. The number of imidazole rings is 1. The third-order valence-corrected chi connectivity index (χ3v) is 5.70. The second-order valence-corrected chi connectivity index (χ2v) is 8.09. The Labute approximate surface area is 205 Å². The fraction of sp³-hybridized carbons (Fsp3) is 0.154. The lowest BCUT2D eigenvalue weighted by Crippen LogP contribution is -2.16. The predicted molar refractivity (Wildman–Crippen MR) is 134 cm³/mol. The first kappa shape index (κ1) is 23.1. The van der Waals surface area contributed by atoms with Gasteiger partial charge in [-0.1, -0.05) is 30.3 Å². The van der Waals surface area contributed by atoms with Crippen molar-refractivity contribution in [1.29, 1.82) is 0 Å². The quantitative estimate of drug-likeness (QED) is 0.285. The summed E-state index contributed by atoms with van der Waals surface area (Å²) in [5.41, 5.74) is 9.64. The van der Waals surface area contributed by atoms with Gasteiger partial charge in [-0.3, -0.25) is 4.79 Å². The number of amides is 1. The molecule has 0 spiro atoms.